The van der Waals surface area contributed by atoms with Crippen molar-refractivity contribution in [1.82, 2.24) is 10.6 Å². The zero-order valence-corrected chi connectivity index (χ0v) is 17.9. The lowest BCUT2D eigenvalue weighted by molar-refractivity contribution is 0.208. The SMILES string of the molecule is CCNC(=NCc1ccccc1OC1CCCC1)NCCSC.I. The van der Waals surface area contributed by atoms with E-state index in [-0.39, 0.29) is 24.0 Å². The fourth-order valence-electron chi connectivity index (χ4n) is 2.71. The first-order valence-electron chi connectivity index (χ1n) is 8.59. The molecule has 0 radical (unpaired) electrons. The van der Waals surface area contributed by atoms with E-state index in [1.54, 1.807) is 0 Å². The zero-order chi connectivity index (χ0) is 16.3. The van der Waals surface area contributed by atoms with Gasteiger partial charge in [-0.1, -0.05) is 18.2 Å². The van der Waals surface area contributed by atoms with E-state index in [9.17, 15) is 0 Å². The fourth-order valence-corrected chi connectivity index (χ4v) is 3.02. The molecule has 2 N–H and O–H groups in total. The van der Waals surface area contributed by atoms with Gasteiger partial charge in [0.1, 0.15) is 5.75 Å². The van der Waals surface area contributed by atoms with Crippen molar-refractivity contribution >= 4 is 41.7 Å². The number of benzene rings is 1. The zero-order valence-electron chi connectivity index (χ0n) is 14.7. The molecule has 24 heavy (non-hydrogen) atoms. The van der Waals surface area contributed by atoms with Crippen LogP contribution in [0.1, 0.15) is 38.2 Å². The summed E-state index contributed by atoms with van der Waals surface area (Å²) < 4.78 is 6.18. The van der Waals surface area contributed by atoms with Gasteiger partial charge in [0.15, 0.2) is 5.96 Å². The van der Waals surface area contributed by atoms with E-state index >= 15 is 0 Å². The van der Waals surface area contributed by atoms with Crippen LogP contribution in [0, 0.1) is 0 Å². The van der Waals surface area contributed by atoms with E-state index in [1.807, 2.05) is 17.8 Å². The normalized spacial score (nSPS) is 15.0. The van der Waals surface area contributed by atoms with Crippen molar-refractivity contribution < 1.29 is 4.74 Å². The molecule has 1 saturated carbocycles. The van der Waals surface area contributed by atoms with Gasteiger partial charge in [0.2, 0.25) is 0 Å². The molecule has 136 valence electrons. The van der Waals surface area contributed by atoms with Gasteiger partial charge in [-0.2, -0.15) is 11.8 Å². The number of rotatable bonds is 8. The Labute approximate surface area is 167 Å². The molecule has 0 aromatic heterocycles. The molecule has 0 amide bonds. The Kier molecular flexibility index (Phi) is 11.3. The number of nitrogens with one attached hydrogen (secondary N) is 2. The maximum Gasteiger partial charge on any atom is 0.191 e. The summed E-state index contributed by atoms with van der Waals surface area (Å²) in [6.07, 6.45) is 7.42. The molecule has 2 rings (SSSR count). The lowest BCUT2D eigenvalue weighted by Crippen LogP contribution is -2.38. The number of ether oxygens (including phenoxy) is 1. The molecule has 0 saturated heterocycles. The van der Waals surface area contributed by atoms with Crippen LogP contribution in [0.2, 0.25) is 0 Å². The largest absolute Gasteiger partial charge is 0.490 e. The predicted molar refractivity (Wildman–Crippen MR) is 116 cm³/mol. The first-order chi connectivity index (χ1) is 11.3. The highest BCUT2D eigenvalue weighted by Gasteiger charge is 2.17. The molecule has 0 heterocycles. The monoisotopic (exact) mass is 463 g/mol. The molecule has 0 bridgehead atoms. The summed E-state index contributed by atoms with van der Waals surface area (Å²) in [6, 6.07) is 8.27. The van der Waals surface area contributed by atoms with E-state index in [4.69, 9.17) is 9.73 Å². The molecular formula is C18H30IN3OS. The number of nitrogens with zero attached hydrogens (tertiary/aromatic N) is 1. The molecule has 0 aliphatic heterocycles. The molecule has 6 heteroatoms. The quantitative estimate of drug-likeness (QED) is 0.264. The van der Waals surface area contributed by atoms with Gasteiger partial charge in [-0.15, -0.1) is 24.0 Å². The third-order valence-electron chi connectivity index (χ3n) is 3.92. The van der Waals surface area contributed by atoms with Gasteiger partial charge in [0, 0.05) is 24.4 Å². The molecule has 1 aromatic rings. The second-order valence-corrected chi connectivity index (χ2v) is 6.73. The minimum absolute atomic E-state index is 0. The molecule has 0 atom stereocenters. The highest BCUT2D eigenvalue weighted by Crippen LogP contribution is 2.26. The van der Waals surface area contributed by atoms with Crippen LogP contribution in [0.25, 0.3) is 0 Å². The maximum absolute atomic E-state index is 6.18. The Morgan fingerprint density at radius 3 is 2.71 bits per heavy atom. The number of hydrogen-bond acceptors (Lipinski definition) is 3. The van der Waals surface area contributed by atoms with Crippen LogP contribution in [0.4, 0.5) is 0 Å². The van der Waals surface area contributed by atoms with E-state index in [0.717, 1.165) is 36.1 Å². The summed E-state index contributed by atoms with van der Waals surface area (Å²) in [5.74, 6) is 2.94. The van der Waals surface area contributed by atoms with Crippen molar-refractivity contribution in [2.45, 2.75) is 45.3 Å². The Balaban J connectivity index is 0.00000288. The number of hydrogen-bond donors (Lipinski definition) is 2. The van der Waals surface area contributed by atoms with Crippen LogP contribution < -0.4 is 15.4 Å². The van der Waals surface area contributed by atoms with Gasteiger partial charge >= 0.3 is 0 Å². The van der Waals surface area contributed by atoms with Crippen LogP contribution in [0.3, 0.4) is 0 Å². The number of halogens is 1. The first kappa shape index (κ1) is 21.4. The summed E-state index contributed by atoms with van der Waals surface area (Å²) in [6.45, 7) is 4.51. The Morgan fingerprint density at radius 1 is 1.25 bits per heavy atom. The number of para-hydroxylation sites is 1. The van der Waals surface area contributed by atoms with Crippen LogP contribution in [0.15, 0.2) is 29.3 Å². The van der Waals surface area contributed by atoms with E-state index in [1.165, 1.54) is 25.7 Å². The van der Waals surface area contributed by atoms with Gasteiger partial charge in [-0.25, -0.2) is 4.99 Å². The molecular weight excluding hydrogens is 433 g/mol. The topological polar surface area (TPSA) is 45.7 Å². The second-order valence-electron chi connectivity index (χ2n) is 5.75. The lowest BCUT2D eigenvalue weighted by atomic mass is 10.2. The minimum Gasteiger partial charge on any atom is -0.490 e. The van der Waals surface area contributed by atoms with Crippen molar-refractivity contribution in [2.75, 3.05) is 25.1 Å². The van der Waals surface area contributed by atoms with Crippen LogP contribution in [-0.4, -0.2) is 37.2 Å². The molecule has 0 spiro atoms. The molecule has 4 nitrogen and oxygen atoms in total. The molecule has 1 aliphatic rings. The number of thioether (sulfide) groups is 1. The Bertz CT molecular complexity index is 493. The smallest absolute Gasteiger partial charge is 0.191 e. The standard InChI is InChI=1S/C18H29N3OS.HI/c1-3-19-18(20-12-13-23-2)21-14-15-8-4-7-11-17(15)22-16-9-5-6-10-16;/h4,7-8,11,16H,3,5-6,9-10,12-14H2,1-2H3,(H2,19,20,21);1H. The van der Waals surface area contributed by atoms with Crippen molar-refractivity contribution in [3.63, 3.8) is 0 Å². The first-order valence-corrected chi connectivity index (χ1v) is 9.98. The Hall–Kier alpha value is -0.630. The van der Waals surface area contributed by atoms with Gasteiger partial charge in [0.25, 0.3) is 0 Å². The summed E-state index contributed by atoms with van der Waals surface area (Å²) in [5, 5.41) is 6.65. The van der Waals surface area contributed by atoms with Gasteiger partial charge in [-0.05, 0) is 44.9 Å². The van der Waals surface area contributed by atoms with E-state index in [2.05, 4.69) is 42.0 Å². The van der Waals surface area contributed by atoms with Crippen LogP contribution in [0.5, 0.6) is 5.75 Å². The van der Waals surface area contributed by atoms with Crippen molar-refractivity contribution in [2.24, 2.45) is 4.99 Å². The average molecular weight is 463 g/mol. The van der Waals surface area contributed by atoms with Gasteiger partial charge in [0.05, 0.1) is 12.6 Å². The molecule has 1 aromatic carbocycles. The number of guanidine groups is 1. The number of aliphatic imine (C=N–C) groups is 1. The van der Waals surface area contributed by atoms with E-state index in [0.29, 0.717) is 12.6 Å². The van der Waals surface area contributed by atoms with Crippen molar-refractivity contribution in [3.8, 4) is 5.75 Å². The predicted octanol–water partition coefficient (Wildman–Crippen LogP) is 4.04. The third kappa shape index (κ3) is 7.51. The highest BCUT2D eigenvalue weighted by atomic mass is 127. The average Bonchev–Trinajstić information content (AvgIpc) is 3.07. The van der Waals surface area contributed by atoms with Crippen molar-refractivity contribution in [3.05, 3.63) is 29.8 Å². The van der Waals surface area contributed by atoms with Gasteiger partial charge in [-0.3, -0.25) is 0 Å². The Morgan fingerprint density at radius 2 is 2.00 bits per heavy atom. The van der Waals surface area contributed by atoms with Gasteiger partial charge < -0.3 is 15.4 Å². The van der Waals surface area contributed by atoms with E-state index < -0.39 is 0 Å². The highest BCUT2D eigenvalue weighted by molar-refractivity contribution is 14.0. The third-order valence-corrected chi connectivity index (χ3v) is 4.53. The van der Waals surface area contributed by atoms with Crippen LogP contribution in [-0.2, 0) is 6.54 Å². The summed E-state index contributed by atoms with van der Waals surface area (Å²) in [4.78, 5) is 4.70. The van der Waals surface area contributed by atoms with Crippen LogP contribution >= 0.6 is 35.7 Å². The second kappa shape index (κ2) is 12.7. The molecule has 1 aliphatic carbocycles. The maximum atomic E-state index is 6.18. The summed E-state index contributed by atoms with van der Waals surface area (Å²) >= 11 is 1.83. The summed E-state index contributed by atoms with van der Waals surface area (Å²) in [5.41, 5.74) is 1.15. The van der Waals surface area contributed by atoms with Crippen molar-refractivity contribution in [1.29, 1.82) is 0 Å². The minimum atomic E-state index is 0. The molecule has 0 unspecified atom stereocenters. The molecule has 1 fully saturated rings. The fraction of sp³-hybridized carbons (Fsp3) is 0.611. The lowest BCUT2D eigenvalue weighted by Gasteiger charge is -2.16. The summed E-state index contributed by atoms with van der Waals surface area (Å²) in [7, 11) is 0.